The Hall–Kier alpha value is -2.44. The number of aliphatic carboxylic acids is 1. The van der Waals surface area contributed by atoms with Crippen molar-refractivity contribution in [3.8, 4) is 11.5 Å². The monoisotopic (exact) mass is 352 g/mol. The first-order valence-electron chi connectivity index (χ1n) is 8.11. The lowest BCUT2D eigenvalue weighted by molar-refractivity contribution is -0.139. The maximum absolute atomic E-state index is 12.0. The van der Waals surface area contributed by atoms with Gasteiger partial charge in [0.05, 0.1) is 20.6 Å². The van der Waals surface area contributed by atoms with E-state index in [1.54, 1.807) is 26.4 Å². The lowest BCUT2D eigenvalue weighted by Gasteiger charge is -2.29. The van der Waals surface area contributed by atoms with E-state index in [0.29, 0.717) is 24.6 Å². The molecule has 1 rings (SSSR count). The van der Waals surface area contributed by atoms with Crippen molar-refractivity contribution >= 4 is 12.0 Å². The van der Waals surface area contributed by atoms with Gasteiger partial charge in [-0.05, 0) is 29.0 Å². The normalized spacial score (nSPS) is 12.2. The molecule has 0 saturated heterocycles. The maximum Gasteiger partial charge on any atom is 0.315 e. The van der Waals surface area contributed by atoms with E-state index in [2.05, 4.69) is 10.6 Å². The van der Waals surface area contributed by atoms with Crippen molar-refractivity contribution in [3.63, 3.8) is 0 Å². The Morgan fingerprint density at radius 1 is 1.12 bits per heavy atom. The Morgan fingerprint density at radius 3 is 2.28 bits per heavy atom. The van der Waals surface area contributed by atoms with Crippen molar-refractivity contribution in [3.05, 3.63) is 23.8 Å². The predicted octanol–water partition coefficient (Wildman–Crippen LogP) is 2.64. The molecule has 0 heterocycles. The molecule has 1 unspecified atom stereocenters. The summed E-state index contributed by atoms with van der Waals surface area (Å²) < 4.78 is 10.4. The number of carboxylic acids is 1. The molecule has 0 radical (unpaired) electrons. The molecule has 0 spiro atoms. The van der Waals surface area contributed by atoms with Gasteiger partial charge in [0, 0.05) is 13.1 Å². The van der Waals surface area contributed by atoms with E-state index in [0.717, 1.165) is 5.56 Å². The zero-order valence-corrected chi connectivity index (χ0v) is 15.5. The molecule has 0 aliphatic rings. The second-order valence-corrected chi connectivity index (χ2v) is 6.91. The van der Waals surface area contributed by atoms with Crippen molar-refractivity contribution in [2.75, 3.05) is 20.8 Å². The highest BCUT2D eigenvalue weighted by atomic mass is 16.5. The highest BCUT2D eigenvalue weighted by Crippen LogP contribution is 2.28. The minimum Gasteiger partial charge on any atom is -0.493 e. The third kappa shape index (κ3) is 6.91. The number of urea groups is 1. The number of hydrogen-bond donors (Lipinski definition) is 3. The first-order chi connectivity index (χ1) is 11.7. The van der Waals surface area contributed by atoms with Gasteiger partial charge in [0.15, 0.2) is 11.5 Å². The number of carbonyl (C=O) groups is 2. The van der Waals surface area contributed by atoms with E-state index in [1.165, 1.54) is 0 Å². The van der Waals surface area contributed by atoms with E-state index in [-0.39, 0.29) is 23.8 Å². The average molecular weight is 352 g/mol. The summed E-state index contributed by atoms with van der Waals surface area (Å²) in [7, 11) is 3.11. The average Bonchev–Trinajstić information content (AvgIpc) is 2.54. The standard InChI is InChI=1S/C18H28N2O5/c1-18(2,3)13(9-16(21)22)11-20-17(23)19-10-12-6-7-14(24-4)15(8-12)25-5/h6-8,13H,9-11H2,1-5H3,(H,21,22)(H2,19,20,23). The zero-order valence-electron chi connectivity index (χ0n) is 15.5. The summed E-state index contributed by atoms with van der Waals surface area (Å²) in [5, 5.41) is 14.5. The Morgan fingerprint density at radius 2 is 1.76 bits per heavy atom. The molecular formula is C18H28N2O5. The SMILES string of the molecule is COc1ccc(CNC(=O)NCC(CC(=O)O)C(C)(C)C)cc1OC. The molecule has 0 bridgehead atoms. The number of methoxy groups -OCH3 is 2. The maximum atomic E-state index is 12.0. The van der Waals surface area contributed by atoms with Crippen molar-refractivity contribution in [1.82, 2.24) is 10.6 Å². The predicted molar refractivity (Wildman–Crippen MR) is 95.0 cm³/mol. The summed E-state index contributed by atoms with van der Waals surface area (Å²) >= 11 is 0. The second kappa shape index (κ2) is 9.15. The highest BCUT2D eigenvalue weighted by molar-refractivity contribution is 5.74. The van der Waals surface area contributed by atoms with Crippen LogP contribution in [-0.2, 0) is 11.3 Å². The van der Waals surface area contributed by atoms with Crippen molar-refractivity contribution in [2.24, 2.45) is 11.3 Å². The Bertz CT molecular complexity index is 596. The molecule has 140 valence electrons. The van der Waals surface area contributed by atoms with Crippen LogP contribution in [0.15, 0.2) is 18.2 Å². The van der Waals surface area contributed by atoms with Crippen molar-refractivity contribution < 1.29 is 24.2 Å². The number of rotatable bonds is 8. The summed E-state index contributed by atoms with van der Waals surface area (Å²) in [6.45, 7) is 6.51. The van der Waals surface area contributed by atoms with Crippen LogP contribution in [0.3, 0.4) is 0 Å². The summed E-state index contributed by atoms with van der Waals surface area (Å²) in [6.07, 6.45) is 0.0134. The summed E-state index contributed by atoms with van der Waals surface area (Å²) in [5.74, 6) is 0.193. The third-order valence-corrected chi connectivity index (χ3v) is 4.06. The molecule has 25 heavy (non-hydrogen) atoms. The first kappa shape index (κ1) is 20.6. The van der Waals surface area contributed by atoms with Crippen LogP contribution in [0.5, 0.6) is 11.5 Å². The van der Waals surface area contributed by atoms with Crippen LogP contribution < -0.4 is 20.1 Å². The summed E-state index contributed by atoms with van der Waals surface area (Å²) in [4.78, 5) is 23.0. The van der Waals surface area contributed by atoms with Gasteiger partial charge >= 0.3 is 12.0 Å². The van der Waals surface area contributed by atoms with Gasteiger partial charge in [0.25, 0.3) is 0 Å². The Labute approximate surface area is 148 Å². The molecule has 1 atom stereocenters. The number of ether oxygens (including phenoxy) is 2. The molecule has 0 aromatic heterocycles. The van der Waals surface area contributed by atoms with Crippen molar-refractivity contribution in [2.45, 2.75) is 33.7 Å². The lowest BCUT2D eigenvalue weighted by Crippen LogP contribution is -2.41. The second-order valence-electron chi connectivity index (χ2n) is 6.91. The Balaban J connectivity index is 2.55. The van der Waals surface area contributed by atoms with Gasteiger partial charge in [-0.3, -0.25) is 4.79 Å². The largest absolute Gasteiger partial charge is 0.493 e. The molecule has 1 aromatic rings. The van der Waals surface area contributed by atoms with E-state index in [4.69, 9.17) is 14.6 Å². The van der Waals surface area contributed by atoms with Gasteiger partial charge in [-0.1, -0.05) is 26.8 Å². The first-order valence-corrected chi connectivity index (χ1v) is 8.11. The summed E-state index contributed by atoms with van der Waals surface area (Å²) in [6, 6.07) is 5.07. The number of benzene rings is 1. The molecule has 0 saturated carbocycles. The van der Waals surface area contributed by atoms with Gasteiger partial charge in [0.1, 0.15) is 0 Å². The molecule has 0 aliphatic heterocycles. The zero-order chi connectivity index (χ0) is 19.0. The number of carboxylic acid groups (broad SMARTS) is 1. The fourth-order valence-corrected chi connectivity index (χ4v) is 2.35. The van der Waals surface area contributed by atoms with E-state index >= 15 is 0 Å². The Kier molecular flexibility index (Phi) is 7.54. The molecule has 3 N–H and O–H groups in total. The van der Waals surface area contributed by atoms with E-state index in [9.17, 15) is 9.59 Å². The van der Waals surface area contributed by atoms with E-state index < -0.39 is 5.97 Å². The number of carbonyl (C=O) groups excluding carboxylic acids is 1. The van der Waals surface area contributed by atoms with Crippen LogP contribution in [0, 0.1) is 11.3 Å². The van der Waals surface area contributed by atoms with Gasteiger partial charge in [-0.2, -0.15) is 0 Å². The minimum absolute atomic E-state index is 0.0134. The van der Waals surface area contributed by atoms with Crippen LogP contribution in [0.4, 0.5) is 4.79 Å². The fourth-order valence-electron chi connectivity index (χ4n) is 2.35. The minimum atomic E-state index is -0.868. The third-order valence-electron chi connectivity index (χ3n) is 4.06. The number of hydrogen-bond acceptors (Lipinski definition) is 4. The molecule has 7 nitrogen and oxygen atoms in total. The summed E-state index contributed by atoms with van der Waals surface area (Å²) in [5.41, 5.74) is 0.653. The fraction of sp³-hybridized carbons (Fsp3) is 0.556. The van der Waals surface area contributed by atoms with Gasteiger partial charge in [-0.15, -0.1) is 0 Å². The van der Waals surface area contributed by atoms with Gasteiger partial charge in [0.2, 0.25) is 0 Å². The number of nitrogens with one attached hydrogen (secondary N) is 2. The van der Waals surface area contributed by atoms with E-state index in [1.807, 2.05) is 26.8 Å². The van der Waals surface area contributed by atoms with Gasteiger partial charge in [-0.25, -0.2) is 4.79 Å². The van der Waals surface area contributed by atoms with Crippen LogP contribution in [0.2, 0.25) is 0 Å². The smallest absolute Gasteiger partial charge is 0.315 e. The van der Waals surface area contributed by atoms with Gasteiger partial charge < -0.3 is 25.2 Å². The topological polar surface area (TPSA) is 96.9 Å². The number of amides is 2. The van der Waals surface area contributed by atoms with Crippen LogP contribution in [0.1, 0.15) is 32.8 Å². The molecule has 2 amide bonds. The highest BCUT2D eigenvalue weighted by Gasteiger charge is 2.27. The molecule has 0 aliphatic carbocycles. The van der Waals surface area contributed by atoms with Crippen LogP contribution >= 0.6 is 0 Å². The molecular weight excluding hydrogens is 324 g/mol. The van der Waals surface area contributed by atoms with Crippen LogP contribution in [-0.4, -0.2) is 37.9 Å². The molecule has 7 heteroatoms. The van der Waals surface area contributed by atoms with Crippen LogP contribution in [0.25, 0.3) is 0 Å². The molecule has 0 fully saturated rings. The quantitative estimate of drug-likeness (QED) is 0.668. The van der Waals surface area contributed by atoms with Crippen molar-refractivity contribution in [1.29, 1.82) is 0 Å². The molecule has 1 aromatic carbocycles. The lowest BCUT2D eigenvalue weighted by atomic mass is 9.79.